The molecule has 0 saturated heterocycles. The third-order valence-corrected chi connectivity index (χ3v) is 4.66. The Bertz CT molecular complexity index is 787. The van der Waals surface area contributed by atoms with Crippen molar-refractivity contribution in [3.8, 4) is 11.1 Å². The predicted octanol–water partition coefficient (Wildman–Crippen LogP) is 5.61. The molecule has 0 radical (unpaired) electrons. The lowest BCUT2D eigenvalue weighted by Gasteiger charge is -2.13. The lowest BCUT2D eigenvalue weighted by atomic mass is 9.96. The third-order valence-electron chi connectivity index (χ3n) is 4.66. The summed E-state index contributed by atoms with van der Waals surface area (Å²) in [6.07, 6.45) is -0.587. The van der Waals surface area contributed by atoms with Crippen LogP contribution >= 0.6 is 0 Å². The fourth-order valence-electron chi connectivity index (χ4n) is 3.27. The van der Waals surface area contributed by atoms with Gasteiger partial charge in [-0.3, -0.25) is 0 Å². The van der Waals surface area contributed by atoms with Crippen molar-refractivity contribution in [1.29, 1.82) is 0 Å². The molecule has 118 valence electrons. The zero-order chi connectivity index (χ0) is 16.6. The molecular formula is C22H24O. The topological polar surface area (TPSA) is 20.2 Å². The molecule has 2 aliphatic rings. The smallest absolute Gasteiger partial charge is 0.105 e. The van der Waals surface area contributed by atoms with Crippen molar-refractivity contribution >= 4 is 0 Å². The molecule has 0 saturated carbocycles. The summed E-state index contributed by atoms with van der Waals surface area (Å²) in [6.45, 7) is 8.70. The van der Waals surface area contributed by atoms with Crippen LogP contribution in [0.15, 0.2) is 54.6 Å². The van der Waals surface area contributed by atoms with E-state index in [1.54, 1.807) is 0 Å². The number of hydrogen-bond donors (Lipinski definition) is 1. The molecule has 3 rings (SSSR count). The van der Waals surface area contributed by atoms with Gasteiger partial charge in [-0.15, -0.1) is 0 Å². The third kappa shape index (κ3) is 2.89. The minimum absolute atomic E-state index is 0.488. The molecule has 0 amide bonds. The summed E-state index contributed by atoms with van der Waals surface area (Å²) in [5, 5.41) is 10.9. The Morgan fingerprint density at radius 3 is 2.13 bits per heavy atom. The first kappa shape index (κ1) is 15.8. The van der Waals surface area contributed by atoms with Gasteiger partial charge in [0.1, 0.15) is 6.10 Å². The van der Waals surface area contributed by atoms with Crippen molar-refractivity contribution in [2.75, 3.05) is 0 Å². The average molecular weight is 304 g/mol. The van der Waals surface area contributed by atoms with E-state index in [9.17, 15) is 5.11 Å². The maximum Gasteiger partial charge on any atom is 0.105 e. The van der Waals surface area contributed by atoms with E-state index in [0.717, 1.165) is 11.1 Å². The highest BCUT2D eigenvalue weighted by molar-refractivity contribution is 5.78. The van der Waals surface area contributed by atoms with Gasteiger partial charge in [0.05, 0.1) is 0 Å². The van der Waals surface area contributed by atoms with E-state index in [4.69, 9.17) is 0 Å². The summed E-state index contributed by atoms with van der Waals surface area (Å²) >= 11 is 0. The minimum atomic E-state index is -0.587. The summed E-state index contributed by atoms with van der Waals surface area (Å²) < 4.78 is 0. The molecular weight excluding hydrogens is 280 g/mol. The highest BCUT2D eigenvalue weighted by Gasteiger charge is 2.22. The molecule has 1 nitrogen and oxygen atoms in total. The number of benzene rings is 1. The van der Waals surface area contributed by atoms with Gasteiger partial charge in [-0.2, -0.15) is 0 Å². The molecule has 0 spiro atoms. The second-order valence-electron chi connectivity index (χ2n) is 6.70. The van der Waals surface area contributed by atoms with Crippen molar-refractivity contribution in [3.63, 3.8) is 0 Å². The molecule has 1 heteroatoms. The summed E-state index contributed by atoms with van der Waals surface area (Å²) in [5.74, 6) is 0.488. The SMILES string of the molecule is Cc1cc([C@H](O)c2ccccc2)c2c(C)ccc(C(C)C)cc1-2. The fraction of sp³-hybridized carbons (Fsp3) is 0.273. The van der Waals surface area contributed by atoms with Gasteiger partial charge in [-0.1, -0.05) is 68.4 Å². The highest BCUT2D eigenvalue weighted by Crippen LogP contribution is 2.40. The van der Waals surface area contributed by atoms with E-state index in [0.29, 0.717) is 5.92 Å². The van der Waals surface area contributed by atoms with Crippen molar-refractivity contribution in [2.24, 2.45) is 0 Å². The van der Waals surface area contributed by atoms with Gasteiger partial charge in [0.2, 0.25) is 0 Å². The van der Waals surface area contributed by atoms with Crippen LogP contribution in [-0.2, 0) is 0 Å². The Kier molecular flexibility index (Phi) is 4.23. The Balaban J connectivity index is 2.19. The molecule has 0 fully saturated rings. The Morgan fingerprint density at radius 1 is 0.783 bits per heavy atom. The molecule has 0 aromatic heterocycles. The van der Waals surface area contributed by atoms with Gasteiger partial charge >= 0.3 is 0 Å². The second-order valence-corrected chi connectivity index (χ2v) is 6.70. The Labute approximate surface area is 139 Å². The lowest BCUT2D eigenvalue weighted by Crippen LogP contribution is -1.99. The summed E-state index contributed by atoms with van der Waals surface area (Å²) in [5.41, 5.74) is 8.15. The molecule has 0 bridgehead atoms. The molecule has 1 N–H and O–H groups in total. The number of rotatable bonds is 3. The van der Waals surface area contributed by atoms with E-state index in [2.05, 4.69) is 52.0 Å². The van der Waals surface area contributed by atoms with Crippen LogP contribution in [0.2, 0.25) is 0 Å². The maximum atomic E-state index is 10.9. The van der Waals surface area contributed by atoms with E-state index >= 15 is 0 Å². The average Bonchev–Trinajstić information content (AvgIpc) is 2.76. The Hall–Kier alpha value is -2.12. The fourth-order valence-corrected chi connectivity index (χ4v) is 3.27. The van der Waals surface area contributed by atoms with Gasteiger partial charge in [0.25, 0.3) is 0 Å². The summed E-state index contributed by atoms with van der Waals surface area (Å²) in [6, 6.07) is 18.7. The van der Waals surface area contributed by atoms with Crippen LogP contribution in [0.5, 0.6) is 0 Å². The van der Waals surface area contributed by atoms with Crippen LogP contribution < -0.4 is 0 Å². The number of aliphatic hydroxyl groups is 1. The first-order valence-electron chi connectivity index (χ1n) is 8.25. The quantitative estimate of drug-likeness (QED) is 0.666. The Morgan fingerprint density at radius 2 is 1.48 bits per heavy atom. The van der Waals surface area contributed by atoms with Crippen LogP contribution in [0.25, 0.3) is 11.1 Å². The highest BCUT2D eigenvalue weighted by atomic mass is 16.3. The number of aryl methyl sites for hydroxylation is 2. The van der Waals surface area contributed by atoms with Crippen molar-refractivity contribution < 1.29 is 5.11 Å². The summed E-state index contributed by atoms with van der Waals surface area (Å²) in [4.78, 5) is 0. The van der Waals surface area contributed by atoms with Crippen LogP contribution in [-0.4, -0.2) is 5.11 Å². The zero-order valence-corrected chi connectivity index (χ0v) is 14.3. The van der Waals surface area contributed by atoms with Crippen molar-refractivity contribution in [2.45, 2.75) is 39.7 Å². The largest absolute Gasteiger partial charge is 0.384 e. The molecule has 0 unspecified atom stereocenters. The van der Waals surface area contributed by atoms with Crippen LogP contribution in [0.1, 0.15) is 53.7 Å². The van der Waals surface area contributed by atoms with Gasteiger partial charge in [0.15, 0.2) is 0 Å². The zero-order valence-electron chi connectivity index (χ0n) is 14.3. The molecule has 1 aromatic rings. The molecule has 0 heterocycles. The van der Waals surface area contributed by atoms with Gasteiger partial charge < -0.3 is 5.11 Å². The van der Waals surface area contributed by atoms with E-state index in [1.807, 2.05) is 30.3 Å². The maximum absolute atomic E-state index is 10.9. The first-order valence-corrected chi connectivity index (χ1v) is 8.25. The first-order chi connectivity index (χ1) is 11.0. The molecule has 1 aromatic carbocycles. The molecule has 0 aliphatic heterocycles. The van der Waals surface area contributed by atoms with E-state index < -0.39 is 6.10 Å². The minimum Gasteiger partial charge on any atom is -0.384 e. The molecule has 2 aliphatic carbocycles. The lowest BCUT2D eigenvalue weighted by molar-refractivity contribution is 0.221. The molecule has 1 atom stereocenters. The number of aliphatic hydroxyl groups excluding tert-OH is 1. The van der Waals surface area contributed by atoms with E-state index in [-0.39, 0.29) is 0 Å². The van der Waals surface area contributed by atoms with Crippen LogP contribution in [0.3, 0.4) is 0 Å². The number of fused-ring (bicyclic) bond motifs is 1. The summed E-state index contributed by atoms with van der Waals surface area (Å²) in [7, 11) is 0. The van der Waals surface area contributed by atoms with Crippen LogP contribution in [0.4, 0.5) is 0 Å². The monoisotopic (exact) mass is 304 g/mol. The normalized spacial score (nSPS) is 12.8. The van der Waals surface area contributed by atoms with Gasteiger partial charge in [0, 0.05) is 0 Å². The van der Waals surface area contributed by atoms with Crippen molar-refractivity contribution in [1.82, 2.24) is 0 Å². The van der Waals surface area contributed by atoms with Gasteiger partial charge in [-0.05, 0) is 58.7 Å². The predicted molar refractivity (Wildman–Crippen MR) is 97.1 cm³/mol. The standard InChI is InChI=1S/C22H24O/c1-14(2)18-11-10-15(3)21-19(13-18)16(4)12-20(21)22(23)17-8-6-5-7-9-17/h5-14,22-23H,1-4H3/t22-/m1/s1. The number of hydrogen-bond acceptors (Lipinski definition) is 1. The second kappa shape index (κ2) is 6.17. The van der Waals surface area contributed by atoms with Crippen LogP contribution in [0, 0.1) is 13.8 Å². The van der Waals surface area contributed by atoms with Gasteiger partial charge in [-0.25, -0.2) is 0 Å². The molecule has 23 heavy (non-hydrogen) atoms. The van der Waals surface area contributed by atoms with E-state index in [1.165, 1.54) is 27.8 Å². The van der Waals surface area contributed by atoms with Crippen molar-refractivity contribution in [3.05, 3.63) is 82.4 Å².